The van der Waals surface area contributed by atoms with Crippen molar-refractivity contribution in [3.05, 3.63) is 0 Å². The summed E-state index contributed by atoms with van der Waals surface area (Å²) in [6.45, 7) is 5.65. The van der Waals surface area contributed by atoms with E-state index in [-0.39, 0.29) is 6.61 Å². The summed E-state index contributed by atoms with van der Waals surface area (Å²) in [5, 5.41) is 20.3. The van der Waals surface area contributed by atoms with Crippen LogP contribution < -0.4 is 5.32 Å². The minimum Gasteiger partial charge on any atom is -0.444 e. The molecule has 0 spiro atoms. The van der Waals surface area contributed by atoms with Crippen LogP contribution in [0.15, 0.2) is 0 Å². The standard InChI is InChI=1S/C10H21NO4/c1-10(2,3)15-9(14)11-6-4-8(13)5-7-12/h8,12-13H,4-7H2,1-3H3,(H,11,14)/t8-/m1/s1. The maximum Gasteiger partial charge on any atom is 0.407 e. The van der Waals surface area contributed by atoms with Gasteiger partial charge in [0.15, 0.2) is 0 Å². The molecule has 90 valence electrons. The quantitative estimate of drug-likeness (QED) is 0.634. The molecular weight excluding hydrogens is 198 g/mol. The van der Waals surface area contributed by atoms with Crippen molar-refractivity contribution in [2.24, 2.45) is 0 Å². The molecule has 0 saturated carbocycles. The number of nitrogens with one attached hydrogen (secondary N) is 1. The number of carbonyl (C=O) groups excluding carboxylic acids is 1. The molecule has 0 rings (SSSR count). The molecule has 0 aliphatic heterocycles. The molecule has 0 bridgehead atoms. The second kappa shape index (κ2) is 6.63. The van der Waals surface area contributed by atoms with Crippen LogP contribution in [0.4, 0.5) is 4.79 Å². The highest BCUT2D eigenvalue weighted by atomic mass is 16.6. The monoisotopic (exact) mass is 219 g/mol. The summed E-state index contributed by atoms with van der Waals surface area (Å²) in [5.41, 5.74) is -0.506. The van der Waals surface area contributed by atoms with Crippen LogP contribution in [0, 0.1) is 0 Å². The largest absolute Gasteiger partial charge is 0.444 e. The van der Waals surface area contributed by atoms with Crippen LogP contribution in [-0.4, -0.2) is 41.2 Å². The molecule has 0 radical (unpaired) electrons. The highest BCUT2D eigenvalue weighted by Gasteiger charge is 2.15. The highest BCUT2D eigenvalue weighted by molar-refractivity contribution is 5.67. The molecule has 0 fully saturated rings. The summed E-state index contributed by atoms with van der Waals surface area (Å²) in [6, 6.07) is 0. The Kier molecular flexibility index (Phi) is 6.27. The average Bonchev–Trinajstić information content (AvgIpc) is 2.00. The summed E-state index contributed by atoms with van der Waals surface area (Å²) in [4.78, 5) is 11.1. The van der Waals surface area contributed by atoms with Gasteiger partial charge in [-0.1, -0.05) is 0 Å². The van der Waals surface area contributed by atoms with Gasteiger partial charge < -0.3 is 20.3 Å². The molecule has 0 aromatic rings. The lowest BCUT2D eigenvalue weighted by Crippen LogP contribution is -2.34. The fourth-order valence-electron chi connectivity index (χ4n) is 0.948. The minimum atomic E-state index is -0.579. The summed E-state index contributed by atoms with van der Waals surface area (Å²) in [6.07, 6.45) is -0.320. The molecule has 0 heterocycles. The molecular formula is C10H21NO4. The lowest BCUT2D eigenvalue weighted by atomic mass is 10.2. The van der Waals surface area contributed by atoms with Gasteiger partial charge in [0.05, 0.1) is 6.10 Å². The van der Waals surface area contributed by atoms with E-state index in [4.69, 9.17) is 9.84 Å². The van der Waals surface area contributed by atoms with Crippen LogP contribution in [0.25, 0.3) is 0 Å². The Morgan fingerprint density at radius 2 is 2.00 bits per heavy atom. The number of aliphatic hydroxyl groups is 2. The fourth-order valence-corrected chi connectivity index (χ4v) is 0.948. The molecule has 1 amide bonds. The lowest BCUT2D eigenvalue weighted by Gasteiger charge is -2.20. The first-order valence-corrected chi connectivity index (χ1v) is 5.11. The third-order valence-corrected chi connectivity index (χ3v) is 1.61. The smallest absolute Gasteiger partial charge is 0.407 e. The number of alkyl carbamates (subject to hydrolysis) is 1. The van der Waals surface area contributed by atoms with E-state index in [1.54, 1.807) is 20.8 Å². The van der Waals surface area contributed by atoms with Crippen LogP contribution in [0.1, 0.15) is 33.6 Å². The van der Waals surface area contributed by atoms with E-state index in [2.05, 4.69) is 5.32 Å². The van der Waals surface area contributed by atoms with Crippen molar-refractivity contribution < 1.29 is 19.7 Å². The predicted octanol–water partition coefficient (Wildman–Crippen LogP) is 0.644. The zero-order chi connectivity index (χ0) is 11.9. The van der Waals surface area contributed by atoms with Gasteiger partial charge in [-0.3, -0.25) is 0 Å². The van der Waals surface area contributed by atoms with Crippen LogP contribution in [0.5, 0.6) is 0 Å². The number of aliphatic hydroxyl groups excluding tert-OH is 2. The lowest BCUT2D eigenvalue weighted by molar-refractivity contribution is 0.0515. The van der Waals surface area contributed by atoms with Crippen molar-refractivity contribution in [1.82, 2.24) is 5.32 Å². The van der Waals surface area contributed by atoms with Gasteiger partial charge in [-0.15, -0.1) is 0 Å². The number of carbonyl (C=O) groups is 1. The fraction of sp³-hybridized carbons (Fsp3) is 0.900. The third kappa shape index (κ3) is 9.49. The Bertz CT molecular complexity index is 188. The Labute approximate surface area is 90.4 Å². The summed E-state index contributed by atoms with van der Waals surface area (Å²) in [5.74, 6) is 0. The van der Waals surface area contributed by atoms with Crippen LogP contribution in [0.3, 0.4) is 0 Å². The normalized spacial score (nSPS) is 13.4. The van der Waals surface area contributed by atoms with Crippen molar-refractivity contribution in [3.8, 4) is 0 Å². The Balaban J connectivity index is 3.55. The maximum atomic E-state index is 11.1. The van der Waals surface area contributed by atoms with Gasteiger partial charge in [0.25, 0.3) is 0 Å². The van der Waals surface area contributed by atoms with Crippen LogP contribution in [-0.2, 0) is 4.74 Å². The van der Waals surface area contributed by atoms with E-state index in [1.807, 2.05) is 0 Å². The van der Waals surface area contributed by atoms with Gasteiger partial charge in [-0.2, -0.15) is 0 Å². The molecule has 5 heteroatoms. The van der Waals surface area contributed by atoms with Gasteiger partial charge in [0, 0.05) is 13.2 Å². The molecule has 0 unspecified atom stereocenters. The molecule has 0 aliphatic rings. The first kappa shape index (κ1) is 14.2. The van der Waals surface area contributed by atoms with Crippen molar-refractivity contribution >= 4 is 6.09 Å². The van der Waals surface area contributed by atoms with Gasteiger partial charge in [0.1, 0.15) is 5.60 Å². The molecule has 5 nitrogen and oxygen atoms in total. The van der Waals surface area contributed by atoms with E-state index < -0.39 is 17.8 Å². The third-order valence-electron chi connectivity index (χ3n) is 1.61. The van der Waals surface area contributed by atoms with Crippen molar-refractivity contribution in [3.63, 3.8) is 0 Å². The molecule has 15 heavy (non-hydrogen) atoms. The molecule has 0 aromatic carbocycles. The second-order valence-electron chi connectivity index (χ2n) is 4.38. The van der Waals surface area contributed by atoms with Crippen molar-refractivity contribution in [2.45, 2.75) is 45.3 Å². The second-order valence-corrected chi connectivity index (χ2v) is 4.38. The molecule has 0 aromatic heterocycles. The van der Waals surface area contributed by atoms with Gasteiger partial charge in [-0.05, 0) is 33.6 Å². The van der Waals surface area contributed by atoms with E-state index >= 15 is 0 Å². The summed E-state index contributed by atoms with van der Waals surface area (Å²) >= 11 is 0. The zero-order valence-corrected chi connectivity index (χ0v) is 9.62. The summed E-state index contributed by atoms with van der Waals surface area (Å²) < 4.78 is 5.00. The number of rotatable bonds is 5. The maximum absolute atomic E-state index is 11.1. The van der Waals surface area contributed by atoms with E-state index in [0.717, 1.165) is 0 Å². The molecule has 1 atom stereocenters. The number of ether oxygens (including phenoxy) is 1. The number of amides is 1. The zero-order valence-electron chi connectivity index (χ0n) is 9.62. The molecule has 3 N–H and O–H groups in total. The topological polar surface area (TPSA) is 78.8 Å². The van der Waals surface area contributed by atoms with E-state index in [1.165, 1.54) is 0 Å². The first-order chi connectivity index (χ1) is 6.85. The van der Waals surface area contributed by atoms with Crippen molar-refractivity contribution in [2.75, 3.05) is 13.2 Å². The van der Waals surface area contributed by atoms with Gasteiger partial charge in [-0.25, -0.2) is 4.79 Å². The van der Waals surface area contributed by atoms with Crippen LogP contribution >= 0.6 is 0 Å². The summed E-state index contributed by atoms with van der Waals surface area (Å²) in [7, 11) is 0. The SMILES string of the molecule is CC(C)(C)OC(=O)NCC[C@@H](O)CCO. The highest BCUT2D eigenvalue weighted by Crippen LogP contribution is 2.06. The average molecular weight is 219 g/mol. The van der Waals surface area contributed by atoms with E-state index in [0.29, 0.717) is 19.4 Å². The first-order valence-electron chi connectivity index (χ1n) is 5.11. The van der Waals surface area contributed by atoms with Crippen LogP contribution in [0.2, 0.25) is 0 Å². The van der Waals surface area contributed by atoms with Gasteiger partial charge >= 0.3 is 6.09 Å². The van der Waals surface area contributed by atoms with Gasteiger partial charge in [0.2, 0.25) is 0 Å². The Morgan fingerprint density at radius 3 is 2.47 bits per heavy atom. The Hall–Kier alpha value is -0.810. The molecule has 0 aliphatic carbocycles. The molecule has 0 saturated heterocycles. The Morgan fingerprint density at radius 1 is 1.40 bits per heavy atom. The predicted molar refractivity (Wildman–Crippen MR) is 56.6 cm³/mol. The number of hydrogen-bond donors (Lipinski definition) is 3. The minimum absolute atomic E-state index is 0.0480. The van der Waals surface area contributed by atoms with E-state index in [9.17, 15) is 9.90 Å². The number of hydrogen-bond acceptors (Lipinski definition) is 4. The van der Waals surface area contributed by atoms with Crippen molar-refractivity contribution in [1.29, 1.82) is 0 Å².